The highest BCUT2D eigenvalue weighted by atomic mass is 16.5. The van der Waals surface area contributed by atoms with Crippen LogP contribution in [0.25, 0.3) is 0 Å². The number of ether oxygens (including phenoxy) is 1. The smallest absolute Gasteiger partial charge is 0.134 e. The van der Waals surface area contributed by atoms with E-state index in [2.05, 4.69) is 37.1 Å². The summed E-state index contributed by atoms with van der Waals surface area (Å²) < 4.78 is 5.95. The van der Waals surface area contributed by atoms with Gasteiger partial charge in [0, 0.05) is 24.3 Å². The van der Waals surface area contributed by atoms with Gasteiger partial charge >= 0.3 is 0 Å². The van der Waals surface area contributed by atoms with Crippen LogP contribution >= 0.6 is 0 Å². The summed E-state index contributed by atoms with van der Waals surface area (Å²) >= 11 is 0. The molecule has 1 saturated heterocycles. The van der Waals surface area contributed by atoms with Crippen molar-refractivity contribution in [2.45, 2.75) is 58.7 Å². The molecule has 0 spiro atoms. The highest BCUT2D eigenvalue weighted by Crippen LogP contribution is 2.34. The number of hydrogen-bond acceptors (Lipinski definition) is 4. The summed E-state index contributed by atoms with van der Waals surface area (Å²) in [4.78, 5) is 7.42. The van der Waals surface area contributed by atoms with Crippen LogP contribution in [0, 0.1) is 13.8 Å². The summed E-state index contributed by atoms with van der Waals surface area (Å²) in [5.74, 6) is 1.19. The number of nitrogens with zero attached hydrogens (tertiary/aromatic N) is 2. The topological polar surface area (TPSA) is 37.4 Å². The molecule has 1 N–H and O–H groups in total. The molecule has 3 rings (SSSR count). The molecule has 0 aromatic carbocycles. The monoisotopic (exact) mass is 289 g/mol. The standard InChI is InChI=1S/C17H27N3O/c1-4-18-11-14-12(2)10-13(3)19-17(14)20-8-9-21-16-7-5-6-15(16)20/h10,15-16,18H,4-9,11H2,1-3H3. The molecule has 2 aliphatic rings. The molecule has 1 aliphatic carbocycles. The number of aryl methyl sites for hydroxylation is 2. The van der Waals surface area contributed by atoms with Crippen LogP contribution in [0.2, 0.25) is 0 Å². The Labute approximate surface area is 127 Å². The van der Waals surface area contributed by atoms with E-state index in [9.17, 15) is 0 Å². The van der Waals surface area contributed by atoms with Gasteiger partial charge in [-0.15, -0.1) is 0 Å². The first-order valence-electron chi connectivity index (χ1n) is 8.26. The molecule has 0 radical (unpaired) electrons. The van der Waals surface area contributed by atoms with Gasteiger partial charge < -0.3 is 15.0 Å². The third kappa shape index (κ3) is 2.92. The summed E-state index contributed by atoms with van der Waals surface area (Å²) in [6.45, 7) is 10.1. The first-order valence-corrected chi connectivity index (χ1v) is 8.26. The maximum atomic E-state index is 5.95. The predicted octanol–water partition coefficient (Wildman–Crippen LogP) is 2.57. The van der Waals surface area contributed by atoms with Gasteiger partial charge in [0.25, 0.3) is 0 Å². The van der Waals surface area contributed by atoms with Crippen LogP contribution in [0.5, 0.6) is 0 Å². The Morgan fingerprint density at radius 3 is 3.05 bits per heavy atom. The minimum atomic E-state index is 0.411. The van der Waals surface area contributed by atoms with Crippen molar-refractivity contribution in [1.82, 2.24) is 10.3 Å². The van der Waals surface area contributed by atoms with Crippen LogP contribution in [0.1, 0.15) is 43.0 Å². The quantitative estimate of drug-likeness (QED) is 0.924. The molecule has 2 heterocycles. The zero-order valence-electron chi connectivity index (χ0n) is 13.5. The van der Waals surface area contributed by atoms with Crippen molar-refractivity contribution in [1.29, 1.82) is 0 Å². The number of aromatic nitrogens is 1. The molecule has 2 unspecified atom stereocenters. The Bertz CT molecular complexity index is 503. The van der Waals surface area contributed by atoms with E-state index in [0.717, 1.165) is 31.9 Å². The zero-order chi connectivity index (χ0) is 14.8. The van der Waals surface area contributed by atoms with Gasteiger partial charge in [-0.25, -0.2) is 4.98 Å². The van der Waals surface area contributed by atoms with E-state index in [1.807, 2.05) is 0 Å². The van der Waals surface area contributed by atoms with Crippen molar-refractivity contribution in [3.05, 3.63) is 22.9 Å². The van der Waals surface area contributed by atoms with Crippen LogP contribution in [0.3, 0.4) is 0 Å². The van der Waals surface area contributed by atoms with Crippen LogP contribution in [-0.4, -0.2) is 36.8 Å². The van der Waals surface area contributed by atoms with Crippen LogP contribution in [-0.2, 0) is 11.3 Å². The highest BCUT2D eigenvalue weighted by Gasteiger charge is 2.37. The molecule has 0 amide bonds. The van der Waals surface area contributed by atoms with Gasteiger partial charge in [-0.3, -0.25) is 0 Å². The summed E-state index contributed by atoms with van der Waals surface area (Å²) in [6, 6.07) is 2.72. The molecule has 4 nitrogen and oxygen atoms in total. The van der Waals surface area contributed by atoms with Gasteiger partial charge in [0.2, 0.25) is 0 Å². The number of hydrogen-bond donors (Lipinski definition) is 1. The van der Waals surface area contributed by atoms with Crippen molar-refractivity contribution < 1.29 is 4.74 Å². The minimum Gasteiger partial charge on any atom is -0.374 e. The normalized spacial score (nSPS) is 25.2. The summed E-state index contributed by atoms with van der Waals surface area (Å²) in [5, 5.41) is 3.47. The van der Waals surface area contributed by atoms with Gasteiger partial charge in [-0.05, 0) is 51.3 Å². The predicted molar refractivity (Wildman–Crippen MR) is 85.8 cm³/mol. The van der Waals surface area contributed by atoms with E-state index in [1.54, 1.807) is 0 Å². The Morgan fingerprint density at radius 2 is 2.24 bits per heavy atom. The zero-order valence-corrected chi connectivity index (χ0v) is 13.5. The van der Waals surface area contributed by atoms with E-state index in [0.29, 0.717) is 12.1 Å². The molecule has 0 bridgehead atoms. The van der Waals surface area contributed by atoms with Gasteiger partial charge in [-0.2, -0.15) is 0 Å². The van der Waals surface area contributed by atoms with Gasteiger partial charge in [0.05, 0.1) is 18.8 Å². The van der Waals surface area contributed by atoms with Crippen LogP contribution in [0.4, 0.5) is 5.82 Å². The molecule has 1 aliphatic heterocycles. The lowest BCUT2D eigenvalue weighted by molar-refractivity contribution is 0.0252. The number of fused-ring (bicyclic) bond motifs is 1. The van der Waals surface area contributed by atoms with E-state index in [-0.39, 0.29) is 0 Å². The molecule has 116 valence electrons. The third-order valence-corrected chi connectivity index (χ3v) is 4.76. The second kappa shape index (κ2) is 6.32. The molecule has 1 aromatic rings. The Balaban J connectivity index is 1.95. The highest BCUT2D eigenvalue weighted by molar-refractivity contribution is 5.53. The fourth-order valence-corrected chi connectivity index (χ4v) is 3.74. The molecule has 1 aromatic heterocycles. The van der Waals surface area contributed by atoms with E-state index in [4.69, 9.17) is 9.72 Å². The van der Waals surface area contributed by atoms with Gasteiger partial charge in [0.15, 0.2) is 0 Å². The molecular weight excluding hydrogens is 262 g/mol. The lowest BCUT2D eigenvalue weighted by Crippen LogP contribution is -2.49. The fraction of sp³-hybridized carbons (Fsp3) is 0.706. The van der Waals surface area contributed by atoms with E-state index >= 15 is 0 Å². The SMILES string of the molecule is CCNCc1c(C)cc(C)nc1N1CCOC2CCCC21. The van der Waals surface area contributed by atoms with E-state index < -0.39 is 0 Å². The molecule has 4 heteroatoms. The van der Waals surface area contributed by atoms with Gasteiger partial charge in [0.1, 0.15) is 5.82 Å². The van der Waals surface area contributed by atoms with Crippen molar-refractivity contribution in [3.8, 4) is 0 Å². The summed E-state index contributed by atoms with van der Waals surface area (Å²) in [5.41, 5.74) is 3.82. The van der Waals surface area contributed by atoms with Crippen LogP contribution < -0.4 is 10.2 Å². The van der Waals surface area contributed by atoms with Crippen molar-refractivity contribution in [3.63, 3.8) is 0 Å². The Kier molecular flexibility index (Phi) is 4.45. The first kappa shape index (κ1) is 14.8. The Hall–Kier alpha value is -1.13. The minimum absolute atomic E-state index is 0.411. The van der Waals surface area contributed by atoms with Crippen molar-refractivity contribution in [2.75, 3.05) is 24.6 Å². The second-order valence-electron chi connectivity index (χ2n) is 6.26. The number of rotatable bonds is 4. The van der Waals surface area contributed by atoms with E-state index in [1.165, 1.54) is 36.2 Å². The Morgan fingerprint density at radius 1 is 1.38 bits per heavy atom. The number of morpholine rings is 1. The second-order valence-corrected chi connectivity index (χ2v) is 6.26. The number of anilines is 1. The molecule has 21 heavy (non-hydrogen) atoms. The molecule has 2 fully saturated rings. The number of pyridine rings is 1. The molecular formula is C17H27N3O. The number of nitrogens with one attached hydrogen (secondary N) is 1. The largest absolute Gasteiger partial charge is 0.374 e. The first-order chi connectivity index (χ1) is 10.2. The average Bonchev–Trinajstić information content (AvgIpc) is 2.94. The lowest BCUT2D eigenvalue weighted by atomic mass is 10.1. The van der Waals surface area contributed by atoms with Crippen molar-refractivity contribution >= 4 is 5.82 Å². The lowest BCUT2D eigenvalue weighted by Gasteiger charge is -2.39. The van der Waals surface area contributed by atoms with Gasteiger partial charge in [-0.1, -0.05) is 6.92 Å². The maximum absolute atomic E-state index is 5.95. The maximum Gasteiger partial charge on any atom is 0.134 e. The molecule has 1 saturated carbocycles. The third-order valence-electron chi connectivity index (χ3n) is 4.76. The summed E-state index contributed by atoms with van der Waals surface area (Å²) in [7, 11) is 0. The fourth-order valence-electron chi connectivity index (χ4n) is 3.74. The average molecular weight is 289 g/mol. The molecule has 2 atom stereocenters. The van der Waals surface area contributed by atoms with Crippen molar-refractivity contribution in [2.24, 2.45) is 0 Å². The summed E-state index contributed by atoms with van der Waals surface area (Å²) in [6.07, 6.45) is 4.13. The van der Waals surface area contributed by atoms with Crippen LogP contribution in [0.15, 0.2) is 6.07 Å².